The number of nitrogens with zero attached hydrogens (tertiary/aromatic N) is 1. The predicted molar refractivity (Wildman–Crippen MR) is 229 cm³/mol. The molecule has 0 N–H and O–H groups in total. The van der Waals surface area contributed by atoms with E-state index in [4.69, 9.17) is 8.83 Å². The van der Waals surface area contributed by atoms with Crippen LogP contribution in [0.4, 0.5) is 17.1 Å². The number of hydrogen-bond donors (Lipinski definition) is 0. The van der Waals surface area contributed by atoms with Gasteiger partial charge < -0.3 is 13.7 Å². The minimum Gasteiger partial charge on any atom is -0.456 e. The third kappa shape index (κ3) is 5.20. The maximum Gasteiger partial charge on any atom is 0.143 e. The van der Waals surface area contributed by atoms with Gasteiger partial charge in [0.2, 0.25) is 0 Å². The first kappa shape index (κ1) is 31.2. The molecule has 258 valence electrons. The van der Waals surface area contributed by atoms with Crippen LogP contribution in [0.2, 0.25) is 0 Å². The van der Waals surface area contributed by atoms with Crippen molar-refractivity contribution in [3.8, 4) is 33.4 Å². The lowest BCUT2D eigenvalue weighted by Gasteiger charge is -2.26. The summed E-state index contributed by atoms with van der Waals surface area (Å²) in [6, 6.07) is 70.8. The molecule has 0 amide bonds. The number of furan rings is 2. The topological polar surface area (TPSA) is 29.5 Å². The molecule has 3 heteroatoms. The Hall–Kier alpha value is -7.36. The summed E-state index contributed by atoms with van der Waals surface area (Å²) in [5.74, 6) is 0. The second-order valence-electron chi connectivity index (χ2n) is 14.1. The van der Waals surface area contributed by atoms with Crippen LogP contribution in [-0.4, -0.2) is 0 Å². The Morgan fingerprint density at radius 2 is 0.982 bits per heavy atom. The molecule has 55 heavy (non-hydrogen) atoms. The fourth-order valence-corrected chi connectivity index (χ4v) is 8.30. The van der Waals surface area contributed by atoms with E-state index in [1.807, 2.05) is 12.1 Å². The monoisotopic (exact) mass is 703 g/mol. The lowest BCUT2D eigenvalue weighted by atomic mass is 9.94. The van der Waals surface area contributed by atoms with Crippen molar-refractivity contribution in [2.75, 3.05) is 4.90 Å². The van der Waals surface area contributed by atoms with E-state index in [1.54, 1.807) is 0 Å². The molecule has 0 atom stereocenters. The van der Waals surface area contributed by atoms with Crippen LogP contribution >= 0.6 is 0 Å². The maximum atomic E-state index is 6.64. The molecule has 0 saturated carbocycles. The molecular weight excluding hydrogens is 671 g/mol. The van der Waals surface area contributed by atoms with Crippen molar-refractivity contribution in [1.82, 2.24) is 0 Å². The van der Waals surface area contributed by atoms with Crippen molar-refractivity contribution in [2.24, 2.45) is 0 Å². The lowest BCUT2D eigenvalue weighted by molar-refractivity contribution is 0.668. The van der Waals surface area contributed by atoms with Crippen molar-refractivity contribution in [1.29, 1.82) is 0 Å². The van der Waals surface area contributed by atoms with Gasteiger partial charge in [-0.3, -0.25) is 0 Å². The molecule has 0 bridgehead atoms. The molecule has 0 spiro atoms. The first-order valence-electron chi connectivity index (χ1n) is 18.7. The van der Waals surface area contributed by atoms with Crippen LogP contribution in [0.5, 0.6) is 0 Å². The molecule has 11 aromatic rings. The number of anilines is 3. The van der Waals surface area contributed by atoms with E-state index >= 15 is 0 Å². The van der Waals surface area contributed by atoms with Crippen LogP contribution in [0.15, 0.2) is 209 Å². The quantitative estimate of drug-likeness (QED) is 0.173. The third-order valence-electron chi connectivity index (χ3n) is 10.9. The molecule has 0 saturated heterocycles. The number of para-hydroxylation sites is 3. The lowest BCUT2D eigenvalue weighted by Crippen LogP contribution is -2.09. The van der Waals surface area contributed by atoms with Crippen molar-refractivity contribution in [2.45, 2.75) is 0 Å². The maximum absolute atomic E-state index is 6.64. The Labute approximate surface area is 317 Å². The average molecular weight is 704 g/mol. The van der Waals surface area contributed by atoms with Crippen LogP contribution in [0.1, 0.15) is 0 Å². The van der Waals surface area contributed by atoms with Gasteiger partial charge in [-0.2, -0.15) is 0 Å². The summed E-state index contributed by atoms with van der Waals surface area (Å²) in [6.07, 6.45) is 0. The van der Waals surface area contributed by atoms with Gasteiger partial charge in [0.05, 0.1) is 0 Å². The highest BCUT2D eigenvalue weighted by Crippen LogP contribution is 2.43. The zero-order chi connectivity index (χ0) is 36.3. The Balaban J connectivity index is 1.02. The number of benzene rings is 9. The Bertz CT molecular complexity index is 3190. The summed E-state index contributed by atoms with van der Waals surface area (Å²) in [4.78, 5) is 2.32. The molecule has 9 aromatic carbocycles. The first-order chi connectivity index (χ1) is 27.3. The second-order valence-corrected chi connectivity index (χ2v) is 14.1. The highest BCUT2D eigenvalue weighted by molar-refractivity contribution is 6.23. The molecule has 11 rings (SSSR count). The van der Waals surface area contributed by atoms with Crippen molar-refractivity contribution >= 4 is 71.7 Å². The van der Waals surface area contributed by atoms with Gasteiger partial charge in [-0.1, -0.05) is 140 Å². The molecule has 0 fully saturated rings. The van der Waals surface area contributed by atoms with Crippen molar-refractivity contribution in [3.63, 3.8) is 0 Å². The summed E-state index contributed by atoms with van der Waals surface area (Å²) in [6.45, 7) is 0. The summed E-state index contributed by atoms with van der Waals surface area (Å²) >= 11 is 0. The molecule has 0 aliphatic carbocycles. The van der Waals surface area contributed by atoms with E-state index in [2.05, 4.69) is 193 Å². The van der Waals surface area contributed by atoms with Crippen LogP contribution in [0.25, 0.3) is 88.0 Å². The molecule has 3 nitrogen and oxygen atoms in total. The minimum atomic E-state index is 0.856. The van der Waals surface area contributed by atoms with E-state index in [1.165, 1.54) is 27.5 Å². The van der Waals surface area contributed by atoms with Crippen molar-refractivity contribution in [3.05, 3.63) is 200 Å². The van der Waals surface area contributed by atoms with Gasteiger partial charge in [0.15, 0.2) is 0 Å². The van der Waals surface area contributed by atoms with E-state index in [0.717, 1.165) is 77.6 Å². The van der Waals surface area contributed by atoms with Crippen LogP contribution in [0.3, 0.4) is 0 Å². The minimum absolute atomic E-state index is 0.856. The fraction of sp³-hybridized carbons (Fsp3) is 0. The Morgan fingerprint density at radius 1 is 0.309 bits per heavy atom. The first-order valence-corrected chi connectivity index (χ1v) is 18.7. The van der Waals surface area contributed by atoms with Crippen LogP contribution < -0.4 is 4.90 Å². The standard InChI is InChI=1S/C52H33NO2/c1-3-12-34(13-4-1)37-15-9-18-41(32-37)53(39-16-5-2-6-17-39)40-28-24-35(25-29-40)42-20-10-14-36-27-31-48-51(50(36)42)46-30-26-38(33-49(46)54-48)43-21-11-22-45-44-19-7-8-23-47(44)55-52(43)45/h1-33H. The highest BCUT2D eigenvalue weighted by Gasteiger charge is 2.18. The van der Waals surface area contributed by atoms with Gasteiger partial charge in [-0.25, -0.2) is 0 Å². The summed E-state index contributed by atoms with van der Waals surface area (Å²) < 4.78 is 13.0. The molecule has 0 unspecified atom stereocenters. The molecule has 2 aromatic heterocycles. The zero-order valence-corrected chi connectivity index (χ0v) is 29.8. The van der Waals surface area contributed by atoms with Gasteiger partial charge in [-0.15, -0.1) is 0 Å². The van der Waals surface area contributed by atoms with Crippen LogP contribution in [-0.2, 0) is 0 Å². The van der Waals surface area contributed by atoms with E-state index in [9.17, 15) is 0 Å². The number of rotatable bonds is 6. The Kier molecular flexibility index (Phi) is 7.17. The van der Waals surface area contributed by atoms with E-state index < -0.39 is 0 Å². The fourth-order valence-electron chi connectivity index (χ4n) is 8.30. The average Bonchev–Trinajstić information content (AvgIpc) is 3.83. The Morgan fingerprint density at radius 3 is 1.85 bits per heavy atom. The number of hydrogen-bond acceptors (Lipinski definition) is 3. The molecule has 0 radical (unpaired) electrons. The van der Waals surface area contributed by atoms with Gasteiger partial charge in [0.25, 0.3) is 0 Å². The van der Waals surface area contributed by atoms with E-state index in [0.29, 0.717) is 0 Å². The molecule has 2 heterocycles. The summed E-state index contributed by atoms with van der Waals surface area (Å²) in [7, 11) is 0. The largest absolute Gasteiger partial charge is 0.456 e. The SMILES string of the molecule is c1ccc(-c2cccc(N(c3ccccc3)c3ccc(-c4cccc5ccc6oc7cc(-c8cccc9c8oc8ccccc89)ccc7c6c45)cc3)c2)cc1. The molecule has 0 aliphatic rings. The smallest absolute Gasteiger partial charge is 0.143 e. The summed E-state index contributed by atoms with van der Waals surface area (Å²) in [5.41, 5.74) is 13.6. The third-order valence-corrected chi connectivity index (χ3v) is 10.9. The van der Waals surface area contributed by atoms with Gasteiger partial charge in [-0.05, 0) is 93.9 Å². The molecular formula is C52H33NO2. The second kappa shape index (κ2) is 12.6. The summed E-state index contributed by atoms with van der Waals surface area (Å²) in [5, 5.41) is 6.84. The molecule has 0 aliphatic heterocycles. The van der Waals surface area contributed by atoms with Crippen LogP contribution in [0, 0.1) is 0 Å². The van der Waals surface area contributed by atoms with Gasteiger partial charge in [0, 0.05) is 49.6 Å². The number of fused-ring (bicyclic) bond motifs is 8. The van der Waals surface area contributed by atoms with Crippen molar-refractivity contribution < 1.29 is 8.83 Å². The highest BCUT2D eigenvalue weighted by atomic mass is 16.3. The normalized spacial score (nSPS) is 11.6. The van der Waals surface area contributed by atoms with E-state index in [-0.39, 0.29) is 0 Å². The van der Waals surface area contributed by atoms with Gasteiger partial charge >= 0.3 is 0 Å². The van der Waals surface area contributed by atoms with Gasteiger partial charge in [0.1, 0.15) is 22.3 Å². The zero-order valence-electron chi connectivity index (χ0n) is 29.8. The predicted octanol–water partition coefficient (Wildman–Crippen LogP) is 15.1.